The topological polar surface area (TPSA) is 26.3 Å². The zero-order chi connectivity index (χ0) is 12.1. The molecule has 0 saturated heterocycles. The molecule has 0 aliphatic rings. The van der Waals surface area contributed by atoms with Gasteiger partial charge in [0.1, 0.15) is 5.76 Å². The molecule has 0 unspecified atom stereocenters. The van der Waals surface area contributed by atoms with E-state index in [2.05, 4.69) is 41.5 Å². The minimum Gasteiger partial charge on any atom is -0.460 e. The van der Waals surface area contributed by atoms with Crippen LogP contribution < -0.4 is 0 Å². The SMILES string of the molecule is CC(C)(C)c1oc2ccoc2c1C(C)(C)C. The lowest BCUT2D eigenvalue weighted by atomic mass is 9.80. The van der Waals surface area contributed by atoms with Gasteiger partial charge in [-0.25, -0.2) is 0 Å². The van der Waals surface area contributed by atoms with Crippen molar-refractivity contribution in [2.45, 2.75) is 52.4 Å². The lowest BCUT2D eigenvalue weighted by Gasteiger charge is -2.24. The van der Waals surface area contributed by atoms with Gasteiger partial charge in [0, 0.05) is 17.0 Å². The van der Waals surface area contributed by atoms with Crippen LogP contribution in [0.1, 0.15) is 52.9 Å². The molecule has 0 aliphatic heterocycles. The number of fused-ring (bicyclic) bond motifs is 1. The molecule has 0 atom stereocenters. The maximum Gasteiger partial charge on any atom is 0.176 e. The van der Waals surface area contributed by atoms with Crippen LogP contribution in [0.25, 0.3) is 11.2 Å². The molecule has 0 saturated carbocycles. The summed E-state index contributed by atoms with van der Waals surface area (Å²) in [5.41, 5.74) is 2.99. The molecule has 2 aromatic rings. The van der Waals surface area contributed by atoms with E-state index >= 15 is 0 Å². The summed E-state index contributed by atoms with van der Waals surface area (Å²) in [6.07, 6.45) is 1.69. The standard InChI is InChI=1S/C14H20O2/c1-13(2,3)10-11-9(7-8-15-11)16-12(10)14(4,5)6/h7-8H,1-6H3. The Labute approximate surface area is 96.6 Å². The van der Waals surface area contributed by atoms with E-state index in [9.17, 15) is 0 Å². The molecule has 2 heterocycles. The third-order valence-corrected chi connectivity index (χ3v) is 2.73. The monoisotopic (exact) mass is 220 g/mol. The Kier molecular flexibility index (Phi) is 2.23. The van der Waals surface area contributed by atoms with E-state index in [0.717, 1.165) is 16.9 Å². The maximum atomic E-state index is 5.94. The summed E-state index contributed by atoms with van der Waals surface area (Å²) in [6.45, 7) is 13.1. The molecule has 2 aromatic heterocycles. The summed E-state index contributed by atoms with van der Waals surface area (Å²) < 4.78 is 11.5. The van der Waals surface area contributed by atoms with E-state index in [0.29, 0.717) is 0 Å². The van der Waals surface area contributed by atoms with Crippen molar-refractivity contribution in [3.05, 3.63) is 23.7 Å². The van der Waals surface area contributed by atoms with Crippen LogP contribution in [0.5, 0.6) is 0 Å². The first kappa shape index (κ1) is 11.3. The van der Waals surface area contributed by atoms with Gasteiger partial charge in [-0.15, -0.1) is 0 Å². The van der Waals surface area contributed by atoms with Crippen molar-refractivity contribution >= 4 is 11.2 Å². The molecule has 16 heavy (non-hydrogen) atoms. The molecule has 0 aromatic carbocycles. The van der Waals surface area contributed by atoms with Crippen LogP contribution in [-0.4, -0.2) is 0 Å². The largest absolute Gasteiger partial charge is 0.460 e. The Balaban J connectivity index is 2.79. The second-order valence-corrected chi connectivity index (χ2v) is 6.42. The van der Waals surface area contributed by atoms with Crippen molar-refractivity contribution in [3.63, 3.8) is 0 Å². The highest BCUT2D eigenvalue weighted by atomic mass is 16.4. The summed E-state index contributed by atoms with van der Waals surface area (Å²) in [4.78, 5) is 0. The highest BCUT2D eigenvalue weighted by Crippen LogP contribution is 2.41. The Morgan fingerprint density at radius 1 is 0.938 bits per heavy atom. The fourth-order valence-electron chi connectivity index (χ4n) is 2.03. The second kappa shape index (κ2) is 3.16. The van der Waals surface area contributed by atoms with Crippen molar-refractivity contribution < 1.29 is 8.83 Å². The van der Waals surface area contributed by atoms with Gasteiger partial charge in [0.05, 0.1) is 6.26 Å². The Morgan fingerprint density at radius 2 is 1.56 bits per heavy atom. The van der Waals surface area contributed by atoms with Gasteiger partial charge in [-0.05, 0) is 5.41 Å². The van der Waals surface area contributed by atoms with E-state index in [-0.39, 0.29) is 10.8 Å². The minimum atomic E-state index is 0.00412. The van der Waals surface area contributed by atoms with Crippen LogP contribution >= 0.6 is 0 Å². The van der Waals surface area contributed by atoms with Gasteiger partial charge in [0.2, 0.25) is 0 Å². The number of furan rings is 2. The van der Waals surface area contributed by atoms with Gasteiger partial charge in [-0.3, -0.25) is 0 Å². The molecule has 0 amide bonds. The van der Waals surface area contributed by atoms with E-state index in [4.69, 9.17) is 8.83 Å². The van der Waals surface area contributed by atoms with Crippen LogP contribution in [0, 0.1) is 0 Å². The molecule has 0 fully saturated rings. The van der Waals surface area contributed by atoms with Crippen LogP contribution in [0.4, 0.5) is 0 Å². The third kappa shape index (κ3) is 1.66. The highest BCUT2D eigenvalue weighted by Gasteiger charge is 2.33. The maximum absolute atomic E-state index is 5.94. The molecule has 2 nitrogen and oxygen atoms in total. The summed E-state index contributed by atoms with van der Waals surface area (Å²) in [6, 6.07) is 1.89. The van der Waals surface area contributed by atoms with E-state index in [1.165, 1.54) is 5.56 Å². The number of rotatable bonds is 0. The van der Waals surface area contributed by atoms with Crippen molar-refractivity contribution in [1.29, 1.82) is 0 Å². The predicted molar refractivity (Wildman–Crippen MR) is 65.9 cm³/mol. The zero-order valence-electron chi connectivity index (χ0n) is 11.0. The predicted octanol–water partition coefficient (Wildman–Crippen LogP) is 4.62. The van der Waals surface area contributed by atoms with E-state index < -0.39 is 0 Å². The minimum absolute atomic E-state index is 0.00412. The summed E-state index contributed by atoms with van der Waals surface area (Å²) >= 11 is 0. The molecule has 0 aliphatic carbocycles. The third-order valence-electron chi connectivity index (χ3n) is 2.73. The van der Waals surface area contributed by atoms with Crippen molar-refractivity contribution in [3.8, 4) is 0 Å². The number of hydrogen-bond donors (Lipinski definition) is 0. The first-order chi connectivity index (χ1) is 7.21. The zero-order valence-corrected chi connectivity index (χ0v) is 11.0. The Bertz CT molecular complexity index is 501. The van der Waals surface area contributed by atoms with Crippen LogP contribution in [0.3, 0.4) is 0 Å². The van der Waals surface area contributed by atoms with Crippen LogP contribution in [0.2, 0.25) is 0 Å². The molecular weight excluding hydrogens is 200 g/mol. The lowest BCUT2D eigenvalue weighted by molar-refractivity contribution is 0.408. The van der Waals surface area contributed by atoms with E-state index in [1.54, 1.807) is 6.26 Å². The summed E-state index contributed by atoms with van der Waals surface area (Å²) in [5, 5.41) is 0. The second-order valence-electron chi connectivity index (χ2n) is 6.42. The average molecular weight is 220 g/mol. The van der Waals surface area contributed by atoms with Gasteiger partial charge in [0.15, 0.2) is 11.2 Å². The molecular formula is C14H20O2. The molecule has 88 valence electrons. The molecule has 2 rings (SSSR count). The first-order valence-corrected chi connectivity index (χ1v) is 5.72. The fraction of sp³-hybridized carbons (Fsp3) is 0.571. The Hall–Kier alpha value is -1.18. The molecule has 0 bridgehead atoms. The normalized spacial score (nSPS) is 13.6. The highest BCUT2D eigenvalue weighted by molar-refractivity contribution is 5.78. The molecule has 0 N–H and O–H groups in total. The van der Waals surface area contributed by atoms with Crippen LogP contribution in [0.15, 0.2) is 21.2 Å². The molecule has 2 heteroatoms. The van der Waals surface area contributed by atoms with Crippen molar-refractivity contribution in [2.75, 3.05) is 0 Å². The first-order valence-electron chi connectivity index (χ1n) is 5.72. The van der Waals surface area contributed by atoms with Gasteiger partial charge in [0.25, 0.3) is 0 Å². The van der Waals surface area contributed by atoms with Gasteiger partial charge in [-0.1, -0.05) is 41.5 Å². The van der Waals surface area contributed by atoms with Gasteiger partial charge in [-0.2, -0.15) is 0 Å². The molecule has 0 radical (unpaired) electrons. The van der Waals surface area contributed by atoms with Gasteiger partial charge >= 0.3 is 0 Å². The van der Waals surface area contributed by atoms with Crippen LogP contribution in [-0.2, 0) is 10.8 Å². The average Bonchev–Trinajstić information content (AvgIpc) is 2.53. The van der Waals surface area contributed by atoms with E-state index in [1.807, 2.05) is 6.07 Å². The number of hydrogen-bond acceptors (Lipinski definition) is 2. The summed E-state index contributed by atoms with van der Waals surface area (Å²) in [7, 11) is 0. The fourth-order valence-corrected chi connectivity index (χ4v) is 2.03. The van der Waals surface area contributed by atoms with Crippen molar-refractivity contribution in [1.82, 2.24) is 0 Å². The lowest BCUT2D eigenvalue weighted by Crippen LogP contribution is -2.20. The smallest absolute Gasteiger partial charge is 0.176 e. The Morgan fingerprint density at radius 3 is 2.06 bits per heavy atom. The van der Waals surface area contributed by atoms with Gasteiger partial charge < -0.3 is 8.83 Å². The molecule has 0 spiro atoms. The quantitative estimate of drug-likeness (QED) is 0.647. The van der Waals surface area contributed by atoms with Crippen molar-refractivity contribution in [2.24, 2.45) is 0 Å². The summed E-state index contributed by atoms with van der Waals surface area (Å²) in [5.74, 6) is 1.04.